The fourth-order valence-corrected chi connectivity index (χ4v) is 5.01. The predicted octanol–water partition coefficient (Wildman–Crippen LogP) is 7.11. The fraction of sp³-hybridized carbons (Fsp3) is 0.400. The molecule has 0 fully saturated rings. The summed E-state index contributed by atoms with van der Waals surface area (Å²) in [6.45, 7) is 11.0. The second-order valence-corrected chi connectivity index (χ2v) is 10.2. The molecule has 1 amide bonds. The van der Waals surface area contributed by atoms with E-state index in [0.29, 0.717) is 0 Å². The van der Waals surface area contributed by atoms with Crippen LogP contribution in [0.4, 0.5) is 0 Å². The Kier molecular flexibility index (Phi) is 7.01. The fourth-order valence-electron chi connectivity index (χ4n) is 3.76. The molecule has 1 aromatic carbocycles. The van der Waals surface area contributed by atoms with Gasteiger partial charge in [0.15, 0.2) is 0 Å². The van der Waals surface area contributed by atoms with Gasteiger partial charge in [-0.25, -0.2) is 0 Å². The van der Waals surface area contributed by atoms with Gasteiger partial charge in [-0.1, -0.05) is 19.9 Å². The molecular formula is C25H31BrN2O2S. The first-order valence-electron chi connectivity index (χ1n) is 10.6. The number of nitrogens with zero attached hydrogens (tertiary/aromatic N) is 2. The van der Waals surface area contributed by atoms with Crippen LogP contribution in [0.2, 0.25) is 0 Å². The average Bonchev–Trinajstić information content (AvgIpc) is 3.41. The Labute approximate surface area is 198 Å². The summed E-state index contributed by atoms with van der Waals surface area (Å²) in [6, 6.07) is 10.5. The molecule has 0 saturated heterocycles. The van der Waals surface area contributed by atoms with Crippen molar-refractivity contribution < 1.29 is 9.53 Å². The van der Waals surface area contributed by atoms with Crippen LogP contribution in [0.25, 0.3) is 21.7 Å². The monoisotopic (exact) mass is 502 g/mol. The molecule has 1 aliphatic rings. The molecule has 2 aromatic heterocycles. The molecule has 6 heteroatoms. The Balaban J connectivity index is 0.00000132. The van der Waals surface area contributed by atoms with Crippen LogP contribution in [-0.2, 0) is 13.0 Å². The van der Waals surface area contributed by atoms with Crippen LogP contribution in [-0.4, -0.2) is 35.1 Å². The SMILES string of the molecule is CC.COc1cc2c(cc1Br)-c1c(-c3cccs3)cc(C(=O)N(C)C(C)(C)C)n1CC2. The van der Waals surface area contributed by atoms with Crippen LogP contribution < -0.4 is 4.74 Å². The minimum Gasteiger partial charge on any atom is -0.496 e. The molecule has 0 atom stereocenters. The van der Waals surface area contributed by atoms with Gasteiger partial charge in [0, 0.05) is 35.1 Å². The highest BCUT2D eigenvalue weighted by Crippen LogP contribution is 2.44. The number of halogens is 1. The van der Waals surface area contributed by atoms with E-state index in [2.05, 4.69) is 77.0 Å². The number of rotatable bonds is 3. The molecule has 0 saturated carbocycles. The number of carbonyl (C=O) groups is 1. The molecule has 0 spiro atoms. The lowest BCUT2D eigenvalue weighted by Gasteiger charge is -2.32. The van der Waals surface area contributed by atoms with Gasteiger partial charge < -0.3 is 14.2 Å². The van der Waals surface area contributed by atoms with Gasteiger partial charge in [0.25, 0.3) is 5.91 Å². The highest BCUT2D eigenvalue weighted by atomic mass is 79.9. The summed E-state index contributed by atoms with van der Waals surface area (Å²) >= 11 is 5.34. The minimum absolute atomic E-state index is 0.0533. The Bertz CT molecular complexity index is 1080. The lowest BCUT2D eigenvalue weighted by Crippen LogP contribution is -2.43. The zero-order valence-electron chi connectivity index (χ0n) is 19.4. The van der Waals surface area contributed by atoms with E-state index >= 15 is 0 Å². The van der Waals surface area contributed by atoms with Crippen molar-refractivity contribution in [2.45, 2.75) is 53.1 Å². The first-order valence-corrected chi connectivity index (χ1v) is 12.3. The van der Waals surface area contributed by atoms with Crippen molar-refractivity contribution in [3.63, 3.8) is 0 Å². The summed E-state index contributed by atoms with van der Waals surface area (Å²) in [5.41, 5.74) is 5.14. The molecule has 0 radical (unpaired) electrons. The summed E-state index contributed by atoms with van der Waals surface area (Å²) in [5.74, 6) is 0.891. The van der Waals surface area contributed by atoms with Crippen LogP contribution in [0.5, 0.6) is 5.75 Å². The highest BCUT2D eigenvalue weighted by Gasteiger charge is 2.31. The number of thiophene rings is 1. The third-order valence-electron chi connectivity index (χ3n) is 5.65. The zero-order valence-corrected chi connectivity index (χ0v) is 21.8. The maximum Gasteiger partial charge on any atom is 0.270 e. The number of aromatic nitrogens is 1. The van der Waals surface area contributed by atoms with E-state index in [1.165, 1.54) is 10.4 Å². The second-order valence-electron chi connectivity index (χ2n) is 8.35. The number of hydrogen-bond donors (Lipinski definition) is 0. The molecule has 0 unspecified atom stereocenters. The molecule has 3 aromatic rings. The van der Waals surface area contributed by atoms with Gasteiger partial charge in [-0.05, 0) is 78.3 Å². The zero-order chi connectivity index (χ0) is 22.9. The van der Waals surface area contributed by atoms with Gasteiger partial charge >= 0.3 is 0 Å². The van der Waals surface area contributed by atoms with E-state index in [9.17, 15) is 4.79 Å². The first-order chi connectivity index (χ1) is 14.7. The van der Waals surface area contributed by atoms with E-state index in [1.54, 1.807) is 18.4 Å². The number of carbonyl (C=O) groups excluding carboxylic acids is 1. The van der Waals surface area contributed by atoms with Gasteiger partial charge in [0.05, 0.1) is 17.3 Å². The molecule has 3 heterocycles. The van der Waals surface area contributed by atoms with Crippen molar-refractivity contribution >= 4 is 33.2 Å². The molecule has 4 nitrogen and oxygen atoms in total. The number of aryl methyl sites for hydroxylation is 1. The van der Waals surface area contributed by atoms with Crippen molar-refractivity contribution in [2.75, 3.05) is 14.2 Å². The van der Waals surface area contributed by atoms with Crippen molar-refractivity contribution in [1.82, 2.24) is 9.47 Å². The van der Waals surface area contributed by atoms with E-state index in [-0.39, 0.29) is 11.4 Å². The predicted molar refractivity (Wildman–Crippen MR) is 134 cm³/mol. The van der Waals surface area contributed by atoms with Gasteiger partial charge in [-0.3, -0.25) is 4.79 Å². The Morgan fingerprint density at radius 1 is 1.19 bits per heavy atom. The first kappa shape index (κ1) is 23.6. The van der Waals surface area contributed by atoms with E-state index in [0.717, 1.165) is 45.7 Å². The molecular weight excluding hydrogens is 472 g/mol. The third kappa shape index (κ3) is 4.33. The second kappa shape index (κ2) is 9.21. The summed E-state index contributed by atoms with van der Waals surface area (Å²) in [6.07, 6.45) is 0.865. The molecule has 166 valence electrons. The Morgan fingerprint density at radius 3 is 2.48 bits per heavy atom. The van der Waals surface area contributed by atoms with Crippen LogP contribution in [0, 0.1) is 0 Å². The van der Waals surface area contributed by atoms with E-state index in [1.807, 2.05) is 25.8 Å². The summed E-state index contributed by atoms with van der Waals surface area (Å²) in [5, 5.41) is 2.08. The van der Waals surface area contributed by atoms with Crippen molar-refractivity contribution in [3.8, 4) is 27.4 Å². The van der Waals surface area contributed by atoms with Crippen LogP contribution in [0.15, 0.2) is 40.2 Å². The van der Waals surface area contributed by atoms with Gasteiger partial charge in [-0.2, -0.15) is 0 Å². The number of ether oxygens (including phenoxy) is 1. The average molecular weight is 504 g/mol. The highest BCUT2D eigenvalue weighted by molar-refractivity contribution is 9.10. The number of hydrogen-bond acceptors (Lipinski definition) is 3. The van der Waals surface area contributed by atoms with Crippen molar-refractivity contribution in [3.05, 3.63) is 51.4 Å². The lowest BCUT2D eigenvalue weighted by molar-refractivity contribution is 0.0644. The van der Waals surface area contributed by atoms with E-state index in [4.69, 9.17) is 4.74 Å². The Hall–Kier alpha value is -2.05. The van der Waals surface area contributed by atoms with Crippen LogP contribution in [0.1, 0.15) is 50.7 Å². The van der Waals surface area contributed by atoms with Gasteiger partial charge in [0.2, 0.25) is 0 Å². The quantitative estimate of drug-likeness (QED) is 0.382. The summed E-state index contributed by atoms with van der Waals surface area (Å²) in [7, 11) is 3.57. The topological polar surface area (TPSA) is 34.5 Å². The van der Waals surface area contributed by atoms with Gasteiger partial charge in [0.1, 0.15) is 11.4 Å². The van der Waals surface area contributed by atoms with Crippen LogP contribution in [0.3, 0.4) is 0 Å². The molecule has 0 bridgehead atoms. The van der Waals surface area contributed by atoms with E-state index < -0.39 is 0 Å². The van der Waals surface area contributed by atoms with Crippen molar-refractivity contribution in [2.24, 2.45) is 0 Å². The molecule has 0 aliphatic carbocycles. The van der Waals surface area contributed by atoms with Crippen molar-refractivity contribution in [1.29, 1.82) is 0 Å². The minimum atomic E-state index is -0.242. The molecule has 0 N–H and O–H groups in total. The number of methoxy groups -OCH3 is 1. The standard InChI is InChI=1S/C23H25BrN2O2S.C2H6/c1-23(2,3)25(4)22(27)18-13-16(20-7-6-10-29-20)21-15-12-17(24)19(28-5)11-14(15)8-9-26(18)21;1-2/h6-7,10-13H,8-9H2,1-5H3;1-2H3. The number of fused-ring (bicyclic) bond motifs is 3. The summed E-state index contributed by atoms with van der Waals surface area (Å²) < 4.78 is 8.62. The number of benzene rings is 1. The number of amides is 1. The smallest absolute Gasteiger partial charge is 0.270 e. The lowest BCUT2D eigenvalue weighted by atomic mass is 9.95. The van der Waals surface area contributed by atoms with Gasteiger partial charge in [-0.15, -0.1) is 11.3 Å². The maximum absolute atomic E-state index is 13.4. The third-order valence-corrected chi connectivity index (χ3v) is 7.17. The summed E-state index contributed by atoms with van der Waals surface area (Å²) in [4.78, 5) is 16.4. The largest absolute Gasteiger partial charge is 0.496 e. The Morgan fingerprint density at radius 2 is 1.90 bits per heavy atom. The molecule has 31 heavy (non-hydrogen) atoms. The normalized spacial score (nSPS) is 12.4. The molecule has 4 rings (SSSR count). The maximum atomic E-state index is 13.4. The van der Waals surface area contributed by atoms with Crippen LogP contribution >= 0.6 is 27.3 Å². The molecule has 1 aliphatic heterocycles.